The maximum absolute atomic E-state index is 13.0. The predicted molar refractivity (Wildman–Crippen MR) is 138 cm³/mol. The molecule has 2 aliphatic rings. The second-order valence-electron chi connectivity index (χ2n) is 9.31. The van der Waals surface area contributed by atoms with E-state index in [0.717, 1.165) is 29.5 Å². The summed E-state index contributed by atoms with van der Waals surface area (Å²) in [5.41, 5.74) is 5.46. The number of amides is 1. The van der Waals surface area contributed by atoms with Crippen LogP contribution in [-0.2, 0) is 0 Å². The molecule has 1 saturated heterocycles. The Kier molecular flexibility index (Phi) is 5.55. The number of ketones is 1. The maximum atomic E-state index is 13.0. The highest BCUT2D eigenvalue weighted by molar-refractivity contribution is 6.11. The van der Waals surface area contributed by atoms with Crippen LogP contribution in [0.2, 0.25) is 0 Å². The second-order valence-corrected chi connectivity index (χ2v) is 9.31. The largest absolute Gasteiger partial charge is 0.464 e. The number of furan rings is 1. The molecular formula is C30H26N2O3. The number of benzene rings is 3. The van der Waals surface area contributed by atoms with Gasteiger partial charge in [0.2, 0.25) is 0 Å². The van der Waals surface area contributed by atoms with Crippen molar-refractivity contribution in [2.45, 2.75) is 25.3 Å². The van der Waals surface area contributed by atoms with Gasteiger partial charge in [-0.05, 0) is 61.7 Å². The summed E-state index contributed by atoms with van der Waals surface area (Å²) in [6, 6.07) is 22.3. The zero-order chi connectivity index (χ0) is 23.8. The number of nitrogens with one attached hydrogen (secondary N) is 1. The molecule has 4 aromatic rings. The summed E-state index contributed by atoms with van der Waals surface area (Å²) in [5, 5.41) is 4.00. The third-order valence-electron chi connectivity index (χ3n) is 7.13. The Labute approximate surface area is 204 Å². The molecular weight excluding hydrogens is 436 g/mol. The van der Waals surface area contributed by atoms with Crippen molar-refractivity contribution >= 4 is 33.9 Å². The van der Waals surface area contributed by atoms with Gasteiger partial charge in [0, 0.05) is 45.9 Å². The van der Waals surface area contributed by atoms with E-state index in [1.165, 1.54) is 25.0 Å². The minimum Gasteiger partial charge on any atom is -0.464 e. The van der Waals surface area contributed by atoms with Crippen LogP contribution in [0.25, 0.3) is 16.5 Å². The topological polar surface area (TPSA) is 62.6 Å². The smallest absolute Gasteiger partial charge is 0.255 e. The molecule has 1 unspecified atom stereocenters. The lowest BCUT2D eigenvalue weighted by Gasteiger charge is -2.28. The van der Waals surface area contributed by atoms with E-state index in [2.05, 4.69) is 16.3 Å². The number of carbonyl (C=O) groups is 2. The molecule has 0 aliphatic carbocycles. The summed E-state index contributed by atoms with van der Waals surface area (Å²) < 4.78 is 5.84. The molecule has 5 nitrogen and oxygen atoms in total. The first-order valence-electron chi connectivity index (χ1n) is 12.1. The van der Waals surface area contributed by atoms with Gasteiger partial charge in [-0.1, -0.05) is 48.5 Å². The van der Waals surface area contributed by atoms with Gasteiger partial charge in [-0.3, -0.25) is 14.5 Å². The van der Waals surface area contributed by atoms with Gasteiger partial charge in [-0.15, -0.1) is 0 Å². The lowest BCUT2D eigenvalue weighted by Crippen LogP contribution is -2.32. The van der Waals surface area contributed by atoms with Gasteiger partial charge < -0.3 is 9.73 Å². The van der Waals surface area contributed by atoms with Gasteiger partial charge in [0.1, 0.15) is 5.58 Å². The van der Waals surface area contributed by atoms with Crippen molar-refractivity contribution in [3.05, 3.63) is 107 Å². The fraction of sp³-hybridized carbons (Fsp3) is 0.200. The highest BCUT2D eigenvalue weighted by atomic mass is 16.3. The fourth-order valence-corrected chi connectivity index (χ4v) is 5.27. The third kappa shape index (κ3) is 4.19. The molecule has 174 valence electrons. The summed E-state index contributed by atoms with van der Waals surface area (Å²) in [4.78, 5) is 28.4. The lowest BCUT2D eigenvalue weighted by atomic mass is 9.94. The van der Waals surface area contributed by atoms with E-state index in [9.17, 15) is 9.59 Å². The van der Waals surface area contributed by atoms with Crippen molar-refractivity contribution in [2.24, 2.45) is 0 Å². The molecule has 0 radical (unpaired) electrons. The molecule has 0 spiro atoms. The van der Waals surface area contributed by atoms with Crippen LogP contribution in [0.1, 0.15) is 51.1 Å². The number of carbonyl (C=O) groups excluding carboxylic acids is 2. The zero-order valence-electron chi connectivity index (χ0n) is 19.4. The summed E-state index contributed by atoms with van der Waals surface area (Å²) in [7, 11) is 0. The molecule has 1 fully saturated rings. The third-order valence-corrected chi connectivity index (χ3v) is 7.13. The molecule has 6 rings (SSSR count). The average Bonchev–Trinajstić information content (AvgIpc) is 3.55. The van der Waals surface area contributed by atoms with Gasteiger partial charge in [0.05, 0.1) is 6.26 Å². The molecule has 0 saturated carbocycles. The van der Waals surface area contributed by atoms with Crippen LogP contribution in [0, 0.1) is 0 Å². The van der Waals surface area contributed by atoms with Crippen LogP contribution in [0.15, 0.2) is 89.6 Å². The first-order chi connectivity index (χ1) is 17.2. The van der Waals surface area contributed by atoms with Gasteiger partial charge in [0.25, 0.3) is 5.91 Å². The van der Waals surface area contributed by atoms with Crippen molar-refractivity contribution in [3.63, 3.8) is 0 Å². The molecule has 1 N–H and O–H groups in total. The molecule has 5 heteroatoms. The number of hydrogen-bond donors (Lipinski definition) is 1. The summed E-state index contributed by atoms with van der Waals surface area (Å²) in [6.45, 7) is 2.18. The molecule has 1 aromatic heterocycles. The van der Waals surface area contributed by atoms with Gasteiger partial charge in [0.15, 0.2) is 5.78 Å². The minimum absolute atomic E-state index is 0.105. The van der Waals surface area contributed by atoms with Crippen LogP contribution in [-0.4, -0.2) is 35.7 Å². The second kappa shape index (κ2) is 9.01. The molecule has 3 heterocycles. The Hall–Kier alpha value is -3.96. The Morgan fingerprint density at radius 3 is 2.63 bits per heavy atom. The normalized spacial score (nSPS) is 17.7. The van der Waals surface area contributed by atoms with E-state index in [4.69, 9.17) is 4.42 Å². The van der Waals surface area contributed by atoms with Crippen LogP contribution in [0.3, 0.4) is 0 Å². The molecule has 35 heavy (non-hydrogen) atoms. The highest BCUT2D eigenvalue weighted by Gasteiger charge is 2.29. The van der Waals surface area contributed by atoms with E-state index < -0.39 is 0 Å². The Morgan fingerprint density at radius 1 is 0.914 bits per heavy atom. The molecule has 1 atom stereocenters. The van der Waals surface area contributed by atoms with Gasteiger partial charge >= 0.3 is 0 Å². The molecule has 1 amide bonds. The van der Waals surface area contributed by atoms with Crippen LogP contribution >= 0.6 is 0 Å². The number of nitrogens with zero attached hydrogens (tertiary/aromatic N) is 1. The number of anilines is 1. The summed E-state index contributed by atoms with van der Waals surface area (Å²) in [6.07, 6.45) is 7.71. The van der Waals surface area contributed by atoms with Crippen molar-refractivity contribution < 1.29 is 14.0 Å². The highest BCUT2D eigenvalue weighted by Crippen LogP contribution is 2.36. The van der Waals surface area contributed by atoms with Crippen LogP contribution in [0.4, 0.5) is 5.69 Å². The molecule has 3 aromatic carbocycles. The van der Waals surface area contributed by atoms with E-state index in [1.807, 2.05) is 42.7 Å². The SMILES string of the molecule is O=C(Nc1ccc2occ(C3=CCN4CCCC4C3)c2c1)c1cccc(C(=O)c2ccccc2)c1. The standard InChI is InChI=1S/C30H26N2O3/c33-29(20-6-2-1-3-7-20)22-8-4-9-23(16-22)30(34)31-24-11-12-28-26(18-24)27(19-35-28)21-13-15-32-14-5-10-25(32)17-21/h1-4,6-9,11-13,16,18-19,25H,5,10,14-15,17H2,(H,31,34). The van der Waals surface area contributed by atoms with Crippen LogP contribution in [0.5, 0.6) is 0 Å². The van der Waals surface area contributed by atoms with Crippen molar-refractivity contribution in [1.29, 1.82) is 0 Å². The average molecular weight is 463 g/mol. The Bertz CT molecular complexity index is 1450. The van der Waals surface area contributed by atoms with E-state index >= 15 is 0 Å². The number of hydrogen-bond acceptors (Lipinski definition) is 4. The molecule has 0 bridgehead atoms. The monoisotopic (exact) mass is 462 g/mol. The van der Waals surface area contributed by atoms with E-state index in [-0.39, 0.29) is 11.7 Å². The van der Waals surface area contributed by atoms with Crippen molar-refractivity contribution in [1.82, 2.24) is 4.90 Å². The summed E-state index contributed by atoms with van der Waals surface area (Å²) >= 11 is 0. The number of rotatable bonds is 5. The first-order valence-corrected chi connectivity index (χ1v) is 12.1. The number of fused-ring (bicyclic) bond motifs is 2. The quantitative estimate of drug-likeness (QED) is 0.361. The summed E-state index contributed by atoms with van der Waals surface area (Å²) in [5.74, 6) is -0.359. The van der Waals surface area contributed by atoms with Crippen LogP contribution < -0.4 is 5.32 Å². The van der Waals surface area contributed by atoms with Crippen molar-refractivity contribution in [3.8, 4) is 0 Å². The fourth-order valence-electron chi connectivity index (χ4n) is 5.27. The Morgan fingerprint density at radius 2 is 1.74 bits per heavy atom. The molecule has 2 aliphatic heterocycles. The van der Waals surface area contributed by atoms with Gasteiger partial charge in [-0.25, -0.2) is 0 Å². The zero-order valence-corrected chi connectivity index (χ0v) is 19.4. The lowest BCUT2D eigenvalue weighted by molar-refractivity contribution is 0.102. The van der Waals surface area contributed by atoms with Crippen molar-refractivity contribution in [2.75, 3.05) is 18.4 Å². The predicted octanol–water partition coefficient (Wildman–Crippen LogP) is 6.17. The van der Waals surface area contributed by atoms with E-state index in [0.29, 0.717) is 28.4 Å². The maximum Gasteiger partial charge on any atom is 0.255 e. The van der Waals surface area contributed by atoms with Gasteiger partial charge in [-0.2, -0.15) is 0 Å². The van der Waals surface area contributed by atoms with E-state index in [1.54, 1.807) is 36.4 Å². The minimum atomic E-state index is -0.254. The Balaban J connectivity index is 1.24. The first kappa shape index (κ1) is 21.6.